The molecule has 0 aliphatic heterocycles. The summed E-state index contributed by atoms with van der Waals surface area (Å²) in [7, 11) is 0. The molecule has 0 unspecified atom stereocenters. The third-order valence-corrected chi connectivity index (χ3v) is 4.37. The molecule has 1 N–H and O–H groups in total. The standard InChI is InChI=1S/C21H18F3N3O2/c1-13-18(14(2)29-27-13)11-25-19-9-4-3-8-17(19)20(12-28)26-16-7-5-6-15(10-16)21(22,23)24/h3-10,12,25H,11H2,1-2H3/b26-20+. The van der Waals surface area contributed by atoms with E-state index >= 15 is 0 Å². The number of para-hydroxylation sites is 1. The lowest BCUT2D eigenvalue weighted by Gasteiger charge is -2.12. The summed E-state index contributed by atoms with van der Waals surface area (Å²) in [6.07, 6.45) is -3.96. The zero-order chi connectivity index (χ0) is 21.0. The maximum Gasteiger partial charge on any atom is 0.416 e. The van der Waals surface area contributed by atoms with Crippen LogP contribution in [-0.4, -0.2) is 17.2 Å². The molecule has 0 radical (unpaired) electrons. The molecule has 1 heterocycles. The molecule has 150 valence electrons. The van der Waals surface area contributed by atoms with Crippen molar-refractivity contribution < 1.29 is 22.5 Å². The smallest absolute Gasteiger partial charge is 0.380 e. The lowest BCUT2D eigenvalue weighted by molar-refractivity contribution is -0.137. The van der Waals surface area contributed by atoms with Gasteiger partial charge in [-0.2, -0.15) is 13.2 Å². The zero-order valence-corrected chi connectivity index (χ0v) is 15.7. The van der Waals surface area contributed by atoms with Gasteiger partial charge in [0.15, 0.2) is 6.29 Å². The Hall–Kier alpha value is -3.42. The van der Waals surface area contributed by atoms with Gasteiger partial charge in [0, 0.05) is 23.4 Å². The Bertz CT molecular complexity index is 1040. The number of rotatable bonds is 6. The molecular weight excluding hydrogens is 383 g/mol. The first kappa shape index (κ1) is 20.3. The van der Waals surface area contributed by atoms with E-state index in [0.717, 1.165) is 23.4 Å². The molecule has 8 heteroatoms. The maximum absolute atomic E-state index is 12.9. The van der Waals surface area contributed by atoms with Gasteiger partial charge in [-0.15, -0.1) is 0 Å². The SMILES string of the molecule is Cc1noc(C)c1CNc1ccccc1/C(C=O)=N/c1cccc(C(F)(F)F)c1. The van der Waals surface area contributed by atoms with Gasteiger partial charge >= 0.3 is 6.18 Å². The summed E-state index contributed by atoms with van der Waals surface area (Å²) in [5, 5.41) is 7.11. The fraction of sp³-hybridized carbons (Fsp3) is 0.190. The number of hydrogen-bond donors (Lipinski definition) is 1. The molecule has 0 aliphatic rings. The molecule has 0 aliphatic carbocycles. The van der Waals surface area contributed by atoms with Crippen molar-refractivity contribution in [3.05, 3.63) is 76.7 Å². The Morgan fingerprint density at radius 1 is 1.17 bits per heavy atom. The third kappa shape index (κ3) is 4.71. The molecule has 2 aromatic carbocycles. The van der Waals surface area contributed by atoms with Crippen molar-refractivity contribution in [3.63, 3.8) is 0 Å². The Kier molecular flexibility index (Phi) is 5.81. The van der Waals surface area contributed by atoms with Crippen molar-refractivity contribution in [3.8, 4) is 0 Å². The second-order valence-electron chi connectivity index (χ2n) is 6.36. The van der Waals surface area contributed by atoms with Gasteiger partial charge in [-0.3, -0.25) is 4.79 Å². The van der Waals surface area contributed by atoms with Crippen molar-refractivity contribution in [2.75, 3.05) is 5.32 Å². The summed E-state index contributed by atoms with van der Waals surface area (Å²) in [5.74, 6) is 0.681. The number of aromatic nitrogens is 1. The average molecular weight is 401 g/mol. The van der Waals surface area contributed by atoms with Gasteiger partial charge in [0.05, 0.1) is 16.9 Å². The summed E-state index contributed by atoms with van der Waals surface area (Å²) in [5.41, 5.74) is 1.97. The number of carbonyl (C=O) groups is 1. The van der Waals surface area contributed by atoms with Gasteiger partial charge in [-0.1, -0.05) is 29.4 Å². The summed E-state index contributed by atoms with van der Waals surface area (Å²) >= 11 is 0. The maximum atomic E-state index is 12.9. The van der Waals surface area contributed by atoms with E-state index in [-0.39, 0.29) is 11.4 Å². The van der Waals surface area contributed by atoms with Gasteiger partial charge in [0.25, 0.3) is 0 Å². The van der Waals surface area contributed by atoms with Crippen molar-refractivity contribution in [1.29, 1.82) is 0 Å². The van der Waals surface area contributed by atoms with Crippen LogP contribution in [0.1, 0.15) is 28.1 Å². The molecule has 0 bridgehead atoms. The van der Waals surface area contributed by atoms with Gasteiger partial charge in [0.2, 0.25) is 0 Å². The molecule has 5 nitrogen and oxygen atoms in total. The second kappa shape index (κ2) is 8.30. The van der Waals surface area contributed by atoms with Crippen LogP contribution in [0.15, 0.2) is 58.0 Å². The topological polar surface area (TPSA) is 67.5 Å². The van der Waals surface area contributed by atoms with E-state index in [2.05, 4.69) is 15.5 Å². The number of aryl methyl sites for hydroxylation is 2. The number of benzene rings is 2. The fourth-order valence-electron chi connectivity index (χ4n) is 2.84. The van der Waals surface area contributed by atoms with E-state index < -0.39 is 11.7 Å². The normalized spacial score (nSPS) is 12.1. The highest BCUT2D eigenvalue weighted by Crippen LogP contribution is 2.31. The Balaban J connectivity index is 1.93. The molecule has 0 saturated heterocycles. The lowest BCUT2D eigenvalue weighted by Crippen LogP contribution is -2.09. The molecule has 0 saturated carbocycles. The highest BCUT2D eigenvalue weighted by atomic mass is 19.4. The predicted molar refractivity (Wildman–Crippen MR) is 103 cm³/mol. The number of carbonyl (C=O) groups excluding carboxylic acids is 1. The van der Waals surface area contributed by atoms with E-state index in [1.807, 2.05) is 6.92 Å². The van der Waals surface area contributed by atoms with Crippen LogP contribution < -0.4 is 5.32 Å². The second-order valence-corrected chi connectivity index (χ2v) is 6.36. The number of halogens is 3. The van der Waals surface area contributed by atoms with E-state index in [1.165, 1.54) is 12.1 Å². The van der Waals surface area contributed by atoms with E-state index in [9.17, 15) is 18.0 Å². The van der Waals surface area contributed by atoms with E-state index in [1.54, 1.807) is 31.2 Å². The number of nitrogens with zero attached hydrogens (tertiary/aromatic N) is 2. The van der Waals surface area contributed by atoms with Crippen LogP contribution in [0.4, 0.5) is 24.5 Å². The fourth-order valence-corrected chi connectivity index (χ4v) is 2.84. The highest BCUT2D eigenvalue weighted by Gasteiger charge is 2.30. The number of aliphatic imine (C=N–C) groups is 1. The Morgan fingerprint density at radius 2 is 1.93 bits per heavy atom. The molecule has 29 heavy (non-hydrogen) atoms. The van der Waals surface area contributed by atoms with Gasteiger partial charge in [-0.25, -0.2) is 4.99 Å². The van der Waals surface area contributed by atoms with Crippen molar-refractivity contribution in [2.24, 2.45) is 4.99 Å². The number of nitrogens with one attached hydrogen (secondary N) is 1. The van der Waals surface area contributed by atoms with Gasteiger partial charge < -0.3 is 9.84 Å². The first-order valence-electron chi connectivity index (χ1n) is 8.75. The Labute approximate surface area is 165 Å². The summed E-state index contributed by atoms with van der Waals surface area (Å²) in [6.45, 7) is 4.04. The number of alkyl halides is 3. The first-order chi connectivity index (χ1) is 13.8. The van der Waals surface area contributed by atoms with Crippen LogP contribution in [0.5, 0.6) is 0 Å². The minimum atomic E-state index is -4.49. The molecular formula is C21H18F3N3O2. The molecule has 0 atom stereocenters. The molecule has 3 aromatic rings. The van der Waals surface area contributed by atoms with Crippen LogP contribution in [0.2, 0.25) is 0 Å². The number of aldehydes is 1. The Morgan fingerprint density at radius 3 is 2.59 bits per heavy atom. The van der Waals surface area contributed by atoms with Crippen LogP contribution in [0, 0.1) is 13.8 Å². The van der Waals surface area contributed by atoms with E-state index in [0.29, 0.717) is 29.8 Å². The van der Waals surface area contributed by atoms with Gasteiger partial charge in [0.1, 0.15) is 11.5 Å². The minimum absolute atomic E-state index is 0.0196. The number of hydrogen-bond acceptors (Lipinski definition) is 5. The molecule has 0 amide bonds. The largest absolute Gasteiger partial charge is 0.416 e. The first-order valence-corrected chi connectivity index (χ1v) is 8.75. The third-order valence-electron chi connectivity index (χ3n) is 4.37. The molecule has 1 aromatic heterocycles. The zero-order valence-electron chi connectivity index (χ0n) is 15.7. The van der Waals surface area contributed by atoms with E-state index in [4.69, 9.17) is 4.52 Å². The summed E-state index contributed by atoms with van der Waals surface area (Å²) < 4.78 is 43.9. The number of anilines is 1. The van der Waals surface area contributed by atoms with Crippen molar-refractivity contribution in [1.82, 2.24) is 5.16 Å². The van der Waals surface area contributed by atoms with Crippen LogP contribution >= 0.6 is 0 Å². The van der Waals surface area contributed by atoms with Crippen molar-refractivity contribution >= 4 is 23.4 Å². The average Bonchev–Trinajstić information content (AvgIpc) is 3.02. The monoisotopic (exact) mass is 401 g/mol. The summed E-state index contributed by atoms with van der Waals surface area (Å²) in [6, 6.07) is 11.5. The molecule has 3 rings (SSSR count). The van der Waals surface area contributed by atoms with Crippen molar-refractivity contribution in [2.45, 2.75) is 26.6 Å². The quantitative estimate of drug-likeness (QED) is 0.453. The van der Waals surface area contributed by atoms with Gasteiger partial charge in [-0.05, 0) is 38.1 Å². The van der Waals surface area contributed by atoms with Crippen LogP contribution in [-0.2, 0) is 17.5 Å². The highest BCUT2D eigenvalue weighted by molar-refractivity contribution is 6.38. The van der Waals surface area contributed by atoms with Crippen LogP contribution in [0.25, 0.3) is 0 Å². The lowest BCUT2D eigenvalue weighted by atomic mass is 10.1. The van der Waals surface area contributed by atoms with Crippen LogP contribution in [0.3, 0.4) is 0 Å². The molecule has 0 fully saturated rings. The minimum Gasteiger partial charge on any atom is -0.380 e. The molecule has 0 spiro atoms. The summed E-state index contributed by atoms with van der Waals surface area (Å²) in [4.78, 5) is 15.8. The predicted octanol–water partition coefficient (Wildman–Crippen LogP) is 5.24.